The van der Waals surface area contributed by atoms with Crippen LogP contribution in [-0.4, -0.2) is 41.8 Å². The molecule has 1 heterocycles. The number of nitrogens with one attached hydrogen (secondary N) is 1. The third-order valence-corrected chi connectivity index (χ3v) is 7.94. The van der Waals surface area contributed by atoms with Crippen molar-refractivity contribution in [3.63, 3.8) is 0 Å². The molecule has 1 aromatic heterocycles. The zero-order valence-electron chi connectivity index (χ0n) is 27.0. The zero-order chi connectivity index (χ0) is 34.7. The fourth-order valence-corrected chi connectivity index (χ4v) is 5.55. The molecule has 0 saturated heterocycles. The van der Waals surface area contributed by atoms with Gasteiger partial charge in [-0.25, -0.2) is 14.4 Å². The van der Waals surface area contributed by atoms with Gasteiger partial charge in [0, 0.05) is 27.5 Å². The zero-order valence-corrected chi connectivity index (χ0v) is 27.0. The van der Waals surface area contributed by atoms with E-state index in [1.54, 1.807) is 12.1 Å². The van der Waals surface area contributed by atoms with Crippen LogP contribution in [0.2, 0.25) is 0 Å². The van der Waals surface area contributed by atoms with Crippen LogP contribution in [0, 0.1) is 0 Å². The van der Waals surface area contributed by atoms with Crippen molar-refractivity contribution in [3.05, 3.63) is 150 Å². The first kappa shape index (κ1) is 33.5. The first-order valence-electron chi connectivity index (χ1n) is 16.0. The number of amides is 1. The van der Waals surface area contributed by atoms with Crippen molar-refractivity contribution >= 4 is 51.5 Å². The second-order valence-corrected chi connectivity index (χ2v) is 11.3. The van der Waals surface area contributed by atoms with E-state index < -0.39 is 30.0 Å². The van der Waals surface area contributed by atoms with Crippen molar-refractivity contribution in [1.29, 1.82) is 0 Å². The lowest BCUT2D eigenvalue weighted by Gasteiger charge is -2.20. The Morgan fingerprint density at radius 1 is 0.560 bits per heavy atom. The van der Waals surface area contributed by atoms with Gasteiger partial charge in [0.05, 0.1) is 12.0 Å². The van der Waals surface area contributed by atoms with Crippen molar-refractivity contribution in [2.45, 2.75) is 25.7 Å². The molecule has 0 radical (unpaired) electrons. The molecule has 1 unspecified atom stereocenters. The second-order valence-electron chi connectivity index (χ2n) is 11.3. The first-order valence-corrected chi connectivity index (χ1v) is 16.0. The van der Waals surface area contributed by atoms with Gasteiger partial charge in [-0.2, -0.15) is 0 Å². The lowest BCUT2D eigenvalue weighted by molar-refractivity contribution is -0.155. The minimum absolute atomic E-state index is 0.0493. The standard InChI is InChI=1S/C40H34N2O8/c43-37(47-23-24-48-38(44)30-19-21-31(22-20-30)41-40(46)50-27-29-13-5-2-6-14-29)25-36(39(45)49-26-28-11-3-1-4-12-28)42-34-17-9-7-15-32(34)33-16-8-10-18-35(33)42/h1-22,36H,23-27H2,(H,41,46). The summed E-state index contributed by atoms with van der Waals surface area (Å²) < 4.78 is 23.4. The number of carbonyl (C=O) groups excluding carboxylic acids is 4. The van der Waals surface area contributed by atoms with Gasteiger partial charge in [0.25, 0.3) is 0 Å². The number of benzene rings is 5. The molecule has 252 valence electrons. The number of fused-ring (bicyclic) bond motifs is 3. The summed E-state index contributed by atoms with van der Waals surface area (Å²) in [5.74, 6) is -1.86. The number of esters is 3. The molecule has 10 nitrogen and oxygen atoms in total. The summed E-state index contributed by atoms with van der Waals surface area (Å²) in [6.07, 6.45) is -0.928. The fourth-order valence-electron chi connectivity index (χ4n) is 5.55. The fraction of sp³-hybridized carbons (Fsp3) is 0.150. The number of carbonyl (C=O) groups is 4. The highest BCUT2D eigenvalue weighted by molar-refractivity contribution is 6.09. The van der Waals surface area contributed by atoms with Crippen LogP contribution in [0.4, 0.5) is 10.5 Å². The molecular weight excluding hydrogens is 636 g/mol. The summed E-state index contributed by atoms with van der Waals surface area (Å²) >= 11 is 0. The molecule has 6 rings (SSSR count). The van der Waals surface area contributed by atoms with Crippen molar-refractivity contribution < 1.29 is 38.1 Å². The normalized spacial score (nSPS) is 11.4. The van der Waals surface area contributed by atoms with E-state index in [4.69, 9.17) is 18.9 Å². The molecule has 0 spiro atoms. The Kier molecular flexibility index (Phi) is 10.8. The Labute approximate surface area is 288 Å². The van der Waals surface area contributed by atoms with Gasteiger partial charge < -0.3 is 23.5 Å². The monoisotopic (exact) mass is 670 g/mol. The minimum Gasteiger partial charge on any atom is -0.462 e. The molecule has 0 bridgehead atoms. The van der Waals surface area contributed by atoms with Crippen LogP contribution in [0.1, 0.15) is 33.9 Å². The average Bonchev–Trinajstić information content (AvgIpc) is 3.49. The van der Waals surface area contributed by atoms with Gasteiger partial charge in [-0.3, -0.25) is 10.1 Å². The van der Waals surface area contributed by atoms with Crippen LogP contribution in [0.3, 0.4) is 0 Å². The molecule has 1 atom stereocenters. The Bertz CT molecular complexity index is 2040. The minimum atomic E-state index is -1.01. The van der Waals surface area contributed by atoms with E-state index in [-0.39, 0.29) is 38.4 Å². The highest BCUT2D eigenvalue weighted by Gasteiger charge is 2.29. The molecule has 6 aromatic rings. The highest BCUT2D eigenvalue weighted by Crippen LogP contribution is 2.33. The maximum atomic E-state index is 13.6. The molecule has 0 aliphatic heterocycles. The van der Waals surface area contributed by atoms with Crippen LogP contribution in [0.25, 0.3) is 21.8 Å². The summed E-state index contributed by atoms with van der Waals surface area (Å²) in [6, 6.07) is 39.0. The van der Waals surface area contributed by atoms with E-state index in [2.05, 4.69) is 5.32 Å². The first-order chi connectivity index (χ1) is 24.5. The number of nitrogens with zero attached hydrogens (tertiary/aromatic N) is 1. The van der Waals surface area contributed by atoms with E-state index in [1.165, 1.54) is 12.1 Å². The number of hydrogen-bond acceptors (Lipinski definition) is 8. The summed E-state index contributed by atoms with van der Waals surface area (Å²) in [5.41, 5.74) is 3.92. The van der Waals surface area contributed by atoms with Crippen LogP contribution < -0.4 is 5.32 Å². The van der Waals surface area contributed by atoms with Crippen molar-refractivity contribution in [2.75, 3.05) is 18.5 Å². The van der Waals surface area contributed by atoms with Gasteiger partial charge in [0.2, 0.25) is 0 Å². The number of rotatable bonds is 13. The van der Waals surface area contributed by atoms with Crippen LogP contribution >= 0.6 is 0 Å². The lowest BCUT2D eigenvalue weighted by Crippen LogP contribution is -2.26. The Morgan fingerprint density at radius 2 is 1.08 bits per heavy atom. The number of aromatic nitrogens is 1. The lowest BCUT2D eigenvalue weighted by atomic mass is 10.2. The molecule has 50 heavy (non-hydrogen) atoms. The average molecular weight is 671 g/mol. The molecule has 0 aliphatic rings. The Hall–Kier alpha value is -6.42. The van der Waals surface area contributed by atoms with Crippen LogP contribution in [0.5, 0.6) is 0 Å². The third kappa shape index (κ3) is 8.35. The predicted molar refractivity (Wildman–Crippen MR) is 187 cm³/mol. The molecule has 1 amide bonds. The van der Waals surface area contributed by atoms with Crippen LogP contribution in [-0.2, 0) is 41.8 Å². The highest BCUT2D eigenvalue weighted by atomic mass is 16.6. The second kappa shape index (κ2) is 16.1. The maximum absolute atomic E-state index is 13.6. The molecule has 1 N–H and O–H groups in total. The summed E-state index contributed by atoms with van der Waals surface area (Å²) in [6.45, 7) is -0.236. The van der Waals surface area contributed by atoms with Gasteiger partial charge in [0.15, 0.2) is 0 Å². The SMILES string of the molecule is O=C(CC(C(=O)OCc1ccccc1)n1c2ccccc2c2ccccc21)OCCOC(=O)c1ccc(NC(=O)OCc2ccccc2)cc1. The quantitative estimate of drug-likeness (QED) is 0.0757. The van der Waals surface area contributed by atoms with Gasteiger partial charge >= 0.3 is 24.0 Å². The van der Waals surface area contributed by atoms with Crippen LogP contribution in [0.15, 0.2) is 133 Å². The maximum Gasteiger partial charge on any atom is 0.411 e. The smallest absolute Gasteiger partial charge is 0.411 e. The van der Waals surface area contributed by atoms with Gasteiger partial charge in [-0.15, -0.1) is 0 Å². The predicted octanol–water partition coefficient (Wildman–Crippen LogP) is 7.62. The molecule has 0 saturated carbocycles. The molecule has 5 aromatic carbocycles. The third-order valence-electron chi connectivity index (χ3n) is 7.94. The molecule has 0 aliphatic carbocycles. The van der Waals surface area contributed by atoms with Crippen molar-refractivity contribution in [2.24, 2.45) is 0 Å². The topological polar surface area (TPSA) is 122 Å². The summed E-state index contributed by atoms with van der Waals surface area (Å²) in [5, 5.41) is 4.49. The molecule has 10 heteroatoms. The van der Waals surface area contributed by atoms with E-state index in [1.807, 2.05) is 114 Å². The van der Waals surface area contributed by atoms with E-state index in [9.17, 15) is 19.2 Å². The van der Waals surface area contributed by atoms with Crippen molar-refractivity contribution in [3.8, 4) is 0 Å². The van der Waals surface area contributed by atoms with Gasteiger partial charge in [-0.1, -0.05) is 97.1 Å². The van der Waals surface area contributed by atoms with E-state index in [0.29, 0.717) is 5.69 Å². The number of hydrogen-bond donors (Lipinski definition) is 1. The number of para-hydroxylation sites is 2. The summed E-state index contributed by atoms with van der Waals surface area (Å²) in [7, 11) is 0. The number of ether oxygens (including phenoxy) is 4. The Balaban J connectivity index is 1.04. The molecular formula is C40H34N2O8. The largest absolute Gasteiger partial charge is 0.462 e. The Morgan fingerprint density at radius 3 is 1.68 bits per heavy atom. The molecule has 0 fully saturated rings. The van der Waals surface area contributed by atoms with E-state index >= 15 is 0 Å². The van der Waals surface area contributed by atoms with E-state index in [0.717, 1.165) is 32.9 Å². The summed E-state index contributed by atoms with van der Waals surface area (Å²) in [4.78, 5) is 51.5. The number of anilines is 1. The van der Waals surface area contributed by atoms with Crippen molar-refractivity contribution in [1.82, 2.24) is 4.57 Å². The van der Waals surface area contributed by atoms with Gasteiger partial charge in [-0.05, 0) is 47.5 Å². The van der Waals surface area contributed by atoms with Gasteiger partial charge in [0.1, 0.15) is 32.5 Å².